The number of amides is 1. The standard InChI is InChI=1S/C16H19N5O/c1-2-3-6-12-13(11-14-17-9-10-18-14)20-21(16(12)22)15-7-4-5-8-19-15/h4-5,7-10,12H,2-3,6,11H2,1H3,(H,17,18). The summed E-state index contributed by atoms with van der Waals surface area (Å²) in [5, 5.41) is 5.96. The number of carbonyl (C=O) groups excluding carboxylic acids is 1. The van der Waals surface area contributed by atoms with Gasteiger partial charge >= 0.3 is 0 Å². The fraction of sp³-hybridized carbons (Fsp3) is 0.375. The fourth-order valence-corrected chi connectivity index (χ4v) is 2.60. The van der Waals surface area contributed by atoms with Crippen LogP contribution in [0.2, 0.25) is 0 Å². The second-order valence-corrected chi connectivity index (χ2v) is 5.34. The molecule has 0 saturated carbocycles. The topological polar surface area (TPSA) is 74.2 Å². The zero-order valence-electron chi connectivity index (χ0n) is 12.6. The van der Waals surface area contributed by atoms with Crippen LogP contribution >= 0.6 is 0 Å². The quantitative estimate of drug-likeness (QED) is 0.890. The maximum absolute atomic E-state index is 12.7. The average Bonchev–Trinajstić information content (AvgIpc) is 3.16. The van der Waals surface area contributed by atoms with E-state index in [1.165, 1.54) is 5.01 Å². The lowest BCUT2D eigenvalue weighted by Crippen LogP contribution is -2.28. The molecule has 0 saturated heterocycles. The van der Waals surface area contributed by atoms with Crippen molar-refractivity contribution >= 4 is 17.4 Å². The normalized spacial score (nSPS) is 17.9. The minimum Gasteiger partial charge on any atom is -0.348 e. The van der Waals surface area contributed by atoms with Gasteiger partial charge in [0.05, 0.1) is 11.6 Å². The lowest BCUT2D eigenvalue weighted by atomic mass is 9.94. The molecule has 0 radical (unpaired) electrons. The molecule has 1 amide bonds. The summed E-state index contributed by atoms with van der Waals surface area (Å²) in [7, 11) is 0. The van der Waals surface area contributed by atoms with Crippen LogP contribution in [-0.4, -0.2) is 26.6 Å². The molecule has 6 nitrogen and oxygen atoms in total. The molecule has 0 aromatic carbocycles. The number of hydrogen-bond acceptors (Lipinski definition) is 4. The molecule has 0 spiro atoms. The maximum Gasteiger partial charge on any atom is 0.257 e. The molecule has 0 fully saturated rings. The van der Waals surface area contributed by atoms with E-state index in [9.17, 15) is 4.79 Å². The second kappa shape index (κ2) is 6.51. The summed E-state index contributed by atoms with van der Waals surface area (Å²) in [6.45, 7) is 2.12. The van der Waals surface area contributed by atoms with Crippen LogP contribution in [0.25, 0.3) is 0 Å². The van der Waals surface area contributed by atoms with Crippen molar-refractivity contribution in [1.82, 2.24) is 15.0 Å². The van der Waals surface area contributed by atoms with E-state index in [1.807, 2.05) is 12.1 Å². The van der Waals surface area contributed by atoms with Crippen LogP contribution in [0.15, 0.2) is 41.9 Å². The van der Waals surface area contributed by atoms with Gasteiger partial charge in [-0.25, -0.2) is 9.97 Å². The van der Waals surface area contributed by atoms with Crippen LogP contribution in [0.3, 0.4) is 0 Å². The van der Waals surface area contributed by atoms with Gasteiger partial charge in [0.25, 0.3) is 5.91 Å². The number of aromatic nitrogens is 3. The Bertz CT molecular complexity index is 650. The molecule has 1 aliphatic rings. The second-order valence-electron chi connectivity index (χ2n) is 5.34. The van der Waals surface area contributed by atoms with Crippen molar-refractivity contribution in [3.8, 4) is 0 Å². The number of anilines is 1. The number of imidazole rings is 1. The molecule has 3 heterocycles. The Balaban J connectivity index is 1.86. The minimum absolute atomic E-state index is 0.00806. The SMILES string of the molecule is CCCCC1C(=O)N(c2ccccn2)N=C1Cc1ncc[nH]1. The van der Waals surface area contributed by atoms with Gasteiger partial charge in [0.1, 0.15) is 5.82 Å². The summed E-state index contributed by atoms with van der Waals surface area (Å²) in [5.74, 6) is 1.24. The Hall–Kier alpha value is -2.50. The first-order chi connectivity index (χ1) is 10.8. The largest absolute Gasteiger partial charge is 0.348 e. The first-order valence-electron chi connectivity index (χ1n) is 7.60. The zero-order valence-corrected chi connectivity index (χ0v) is 12.6. The summed E-state index contributed by atoms with van der Waals surface area (Å²) in [4.78, 5) is 24.2. The highest BCUT2D eigenvalue weighted by Crippen LogP contribution is 2.26. The summed E-state index contributed by atoms with van der Waals surface area (Å²) in [6.07, 6.45) is 8.61. The highest BCUT2D eigenvalue weighted by molar-refractivity contribution is 6.15. The van der Waals surface area contributed by atoms with Gasteiger partial charge in [0, 0.05) is 25.0 Å². The molecule has 0 bridgehead atoms. The monoisotopic (exact) mass is 297 g/mol. The highest BCUT2D eigenvalue weighted by Gasteiger charge is 2.36. The predicted molar refractivity (Wildman–Crippen MR) is 84.5 cm³/mol. The molecule has 0 aliphatic carbocycles. The number of pyridine rings is 1. The van der Waals surface area contributed by atoms with Crippen molar-refractivity contribution in [2.24, 2.45) is 11.0 Å². The minimum atomic E-state index is -0.174. The lowest BCUT2D eigenvalue weighted by molar-refractivity contribution is -0.120. The number of rotatable bonds is 6. The molecule has 2 aromatic rings. The van der Waals surface area contributed by atoms with Crippen LogP contribution < -0.4 is 5.01 Å². The maximum atomic E-state index is 12.7. The van der Waals surface area contributed by atoms with Crippen molar-refractivity contribution in [1.29, 1.82) is 0 Å². The lowest BCUT2D eigenvalue weighted by Gasteiger charge is -2.13. The molecular weight excluding hydrogens is 278 g/mol. The Kier molecular flexibility index (Phi) is 4.27. The van der Waals surface area contributed by atoms with Gasteiger partial charge in [-0.2, -0.15) is 10.1 Å². The summed E-state index contributed by atoms with van der Waals surface area (Å²) >= 11 is 0. The van der Waals surface area contributed by atoms with Crippen molar-refractivity contribution in [2.75, 3.05) is 5.01 Å². The van der Waals surface area contributed by atoms with Gasteiger partial charge in [0.15, 0.2) is 5.82 Å². The van der Waals surface area contributed by atoms with E-state index in [0.29, 0.717) is 12.2 Å². The van der Waals surface area contributed by atoms with Gasteiger partial charge in [-0.05, 0) is 18.6 Å². The predicted octanol–water partition coefficient (Wildman–Crippen LogP) is 2.56. The van der Waals surface area contributed by atoms with Gasteiger partial charge in [0.2, 0.25) is 0 Å². The third kappa shape index (κ3) is 2.90. The molecule has 1 N–H and O–H groups in total. The number of unbranched alkanes of at least 4 members (excludes halogenated alkanes) is 1. The summed E-state index contributed by atoms with van der Waals surface area (Å²) < 4.78 is 0. The van der Waals surface area contributed by atoms with Crippen LogP contribution in [0.5, 0.6) is 0 Å². The molecule has 1 aliphatic heterocycles. The molecule has 2 aromatic heterocycles. The number of aromatic amines is 1. The Morgan fingerprint density at radius 1 is 1.27 bits per heavy atom. The zero-order chi connectivity index (χ0) is 15.4. The summed E-state index contributed by atoms with van der Waals surface area (Å²) in [6, 6.07) is 5.48. The number of nitrogens with zero attached hydrogens (tertiary/aromatic N) is 4. The van der Waals surface area contributed by atoms with Crippen LogP contribution in [-0.2, 0) is 11.2 Å². The first-order valence-corrected chi connectivity index (χ1v) is 7.60. The number of hydrogen-bond donors (Lipinski definition) is 1. The number of nitrogens with one attached hydrogen (secondary N) is 1. The van der Waals surface area contributed by atoms with Crippen LogP contribution in [0.1, 0.15) is 32.0 Å². The average molecular weight is 297 g/mol. The van der Waals surface area contributed by atoms with E-state index < -0.39 is 0 Å². The molecule has 1 unspecified atom stereocenters. The molecule has 1 atom stereocenters. The van der Waals surface area contributed by atoms with E-state index in [-0.39, 0.29) is 11.8 Å². The smallest absolute Gasteiger partial charge is 0.257 e. The fourth-order valence-electron chi connectivity index (χ4n) is 2.60. The van der Waals surface area contributed by atoms with Gasteiger partial charge < -0.3 is 4.98 Å². The Morgan fingerprint density at radius 2 is 2.18 bits per heavy atom. The van der Waals surface area contributed by atoms with Crippen LogP contribution in [0.4, 0.5) is 5.82 Å². The highest BCUT2D eigenvalue weighted by atomic mass is 16.2. The van der Waals surface area contributed by atoms with Gasteiger partial charge in [-0.1, -0.05) is 25.8 Å². The molecular formula is C16H19N5O. The number of H-pyrrole nitrogens is 1. The third-order valence-electron chi connectivity index (χ3n) is 3.75. The van der Waals surface area contributed by atoms with E-state index in [1.54, 1.807) is 24.7 Å². The van der Waals surface area contributed by atoms with E-state index >= 15 is 0 Å². The number of carbonyl (C=O) groups is 1. The summed E-state index contributed by atoms with van der Waals surface area (Å²) in [5.41, 5.74) is 0.860. The Labute approximate surface area is 129 Å². The third-order valence-corrected chi connectivity index (χ3v) is 3.75. The number of hydrazone groups is 1. The van der Waals surface area contributed by atoms with E-state index in [2.05, 4.69) is 27.0 Å². The Morgan fingerprint density at radius 3 is 2.86 bits per heavy atom. The van der Waals surface area contributed by atoms with E-state index in [0.717, 1.165) is 30.8 Å². The molecule has 3 rings (SSSR count). The van der Waals surface area contributed by atoms with Crippen molar-refractivity contribution in [2.45, 2.75) is 32.6 Å². The molecule has 6 heteroatoms. The molecule has 114 valence electrons. The van der Waals surface area contributed by atoms with Crippen molar-refractivity contribution < 1.29 is 4.79 Å². The van der Waals surface area contributed by atoms with Crippen LogP contribution in [0, 0.1) is 5.92 Å². The first kappa shape index (κ1) is 14.4. The van der Waals surface area contributed by atoms with Crippen molar-refractivity contribution in [3.63, 3.8) is 0 Å². The van der Waals surface area contributed by atoms with E-state index in [4.69, 9.17) is 0 Å². The van der Waals surface area contributed by atoms with Gasteiger partial charge in [-0.3, -0.25) is 4.79 Å². The van der Waals surface area contributed by atoms with Crippen molar-refractivity contribution in [3.05, 3.63) is 42.6 Å². The van der Waals surface area contributed by atoms with Gasteiger partial charge in [-0.15, -0.1) is 0 Å². The molecule has 22 heavy (non-hydrogen) atoms.